The van der Waals surface area contributed by atoms with E-state index in [1.807, 2.05) is 36.4 Å². The standard InChI is InChI=1S/C61H40N2O/c1-3-12-41(13-4-1)47-17-11-18-53(39-47)63(52-34-28-45(29-35-52)58-40-49-16-7-8-19-54(49)56-20-9-10-21-57(56)58)51-32-26-43(27-33-51)42-22-24-44(25-23-42)48-30-36-55-50(38-48)31-37-59-60(55)62-61(64-59)46-14-5-2-6-15-46/h1-40H. The first-order chi connectivity index (χ1) is 31.7. The van der Waals surface area contributed by atoms with Crippen molar-refractivity contribution >= 4 is 60.5 Å². The smallest absolute Gasteiger partial charge is 0.227 e. The van der Waals surface area contributed by atoms with E-state index < -0.39 is 0 Å². The molecule has 64 heavy (non-hydrogen) atoms. The summed E-state index contributed by atoms with van der Waals surface area (Å²) in [6.45, 7) is 0. The zero-order chi connectivity index (χ0) is 42.4. The lowest BCUT2D eigenvalue weighted by Crippen LogP contribution is -2.10. The molecule has 12 rings (SSSR count). The van der Waals surface area contributed by atoms with E-state index in [0.29, 0.717) is 5.89 Å². The van der Waals surface area contributed by atoms with Crippen LogP contribution in [0, 0.1) is 0 Å². The van der Waals surface area contributed by atoms with E-state index in [-0.39, 0.29) is 0 Å². The molecule has 0 aliphatic carbocycles. The van der Waals surface area contributed by atoms with Gasteiger partial charge in [0.2, 0.25) is 5.89 Å². The van der Waals surface area contributed by atoms with Gasteiger partial charge in [-0.3, -0.25) is 0 Å². The average Bonchev–Trinajstić information content (AvgIpc) is 3.83. The van der Waals surface area contributed by atoms with Crippen LogP contribution in [0.4, 0.5) is 17.1 Å². The molecule has 0 atom stereocenters. The Labute approximate surface area is 371 Å². The molecule has 0 N–H and O–H groups in total. The van der Waals surface area contributed by atoms with Crippen LogP contribution < -0.4 is 4.90 Å². The minimum Gasteiger partial charge on any atom is -0.436 e. The average molecular weight is 817 g/mol. The van der Waals surface area contributed by atoms with Crippen molar-refractivity contribution in [3.05, 3.63) is 243 Å². The maximum absolute atomic E-state index is 6.15. The van der Waals surface area contributed by atoms with E-state index in [4.69, 9.17) is 9.40 Å². The molecule has 0 fully saturated rings. The third-order valence-electron chi connectivity index (χ3n) is 12.5. The van der Waals surface area contributed by atoms with E-state index >= 15 is 0 Å². The van der Waals surface area contributed by atoms with Gasteiger partial charge >= 0.3 is 0 Å². The van der Waals surface area contributed by atoms with Gasteiger partial charge in [-0.15, -0.1) is 0 Å². The molecule has 0 bridgehead atoms. The van der Waals surface area contributed by atoms with Gasteiger partial charge in [-0.25, -0.2) is 4.98 Å². The van der Waals surface area contributed by atoms with Gasteiger partial charge in [0.05, 0.1) is 0 Å². The van der Waals surface area contributed by atoms with Crippen LogP contribution in [0.2, 0.25) is 0 Å². The molecule has 0 amide bonds. The van der Waals surface area contributed by atoms with Crippen LogP contribution in [0.15, 0.2) is 247 Å². The molecule has 0 unspecified atom stereocenters. The lowest BCUT2D eigenvalue weighted by molar-refractivity contribution is 0.620. The summed E-state index contributed by atoms with van der Waals surface area (Å²) in [5, 5.41) is 7.27. The molecule has 11 aromatic carbocycles. The van der Waals surface area contributed by atoms with Gasteiger partial charge in [-0.1, -0.05) is 176 Å². The fourth-order valence-corrected chi connectivity index (χ4v) is 9.25. The highest BCUT2D eigenvalue weighted by Gasteiger charge is 2.17. The zero-order valence-corrected chi connectivity index (χ0v) is 34.9. The van der Waals surface area contributed by atoms with Crippen LogP contribution in [-0.2, 0) is 0 Å². The normalized spacial score (nSPS) is 11.4. The summed E-state index contributed by atoms with van der Waals surface area (Å²) >= 11 is 0. The highest BCUT2D eigenvalue weighted by molar-refractivity contribution is 6.14. The summed E-state index contributed by atoms with van der Waals surface area (Å²) in [7, 11) is 0. The van der Waals surface area contributed by atoms with Crippen molar-refractivity contribution in [2.45, 2.75) is 0 Å². The Kier molecular flexibility index (Phi) is 9.16. The van der Waals surface area contributed by atoms with Gasteiger partial charge in [-0.2, -0.15) is 0 Å². The minimum absolute atomic E-state index is 0.640. The lowest BCUT2D eigenvalue weighted by Gasteiger charge is -2.26. The Balaban J connectivity index is 0.864. The monoisotopic (exact) mass is 816 g/mol. The van der Waals surface area contributed by atoms with Crippen LogP contribution in [-0.4, -0.2) is 4.98 Å². The summed E-state index contributed by atoms with van der Waals surface area (Å²) < 4.78 is 6.15. The van der Waals surface area contributed by atoms with E-state index in [2.05, 4.69) is 211 Å². The maximum Gasteiger partial charge on any atom is 0.227 e. The number of anilines is 3. The second-order valence-electron chi connectivity index (χ2n) is 16.3. The second-order valence-corrected chi connectivity index (χ2v) is 16.3. The summed E-state index contributed by atoms with van der Waals surface area (Å²) in [6.07, 6.45) is 0. The molecule has 0 saturated carbocycles. The number of rotatable bonds is 8. The highest BCUT2D eigenvalue weighted by atomic mass is 16.3. The van der Waals surface area contributed by atoms with Crippen LogP contribution in [0.25, 0.3) is 99.4 Å². The topological polar surface area (TPSA) is 29.3 Å². The molecule has 1 aromatic heterocycles. The second kappa shape index (κ2) is 15.7. The summed E-state index contributed by atoms with van der Waals surface area (Å²) in [6, 6.07) is 86.8. The number of oxazole rings is 1. The molecule has 300 valence electrons. The predicted molar refractivity (Wildman–Crippen MR) is 268 cm³/mol. The van der Waals surface area contributed by atoms with Crippen LogP contribution in [0.5, 0.6) is 0 Å². The molecular weight excluding hydrogens is 777 g/mol. The molecule has 3 heteroatoms. The van der Waals surface area contributed by atoms with E-state index in [0.717, 1.165) is 61.2 Å². The van der Waals surface area contributed by atoms with E-state index in [1.165, 1.54) is 49.4 Å². The fourth-order valence-electron chi connectivity index (χ4n) is 9.25. The van der Waals surface area contributed by atoms with Crippen LogP contribution in [0.1, 0.15) is 0 Å². The number of hydrogen-bond acceptors (Lipinski definition) is 3. The number of benzene rings is 11. The third-order valence-corrected chi connectivity index (χ3v) is 12.5. The van der Waals surface area contributed by atoms with Crippen molar-refractivity contribution in [3.63, 3.8) is 0 Å². The maximum atomic E-state index is 6.15. The number of nitrogens with zero attached hydrogens (tertiary/aromatic N) is 2. The molecule has 12 aromatic rings. The van der Waals surface area contributed by atoms with Gasteiger partial charge < -0.3 is 9.32 Å². The van der Waals surface area contributed by atoms with Crippen LogP contribution in [0.3, 0.4) is 0 Å². The van der Waals surface area contributed by atoms with Gasteiger partial charge in [0.15, 0.2) is 5.58 Å². The molecular formula is C61H40N2O. The Bertz CT molecular complexity index is 3630. The van der Waals surface area contributed by atoms with Gasteiger partial charge in [-0.05, 0) is 138 Å². The van der Waals surface area contributed by atoms with Crippen molar-refractivity contribution < 1.29 is 4.42 Å². The van der Waals surface area contributed by atoms with Gasteiger partial charge in [0, 0.05) is 28.0 Å². The minimum atomic E-state index is 0.640. The molecule has 0 radical (unpaired) electrons. The van der Waals surface area contributed by atoms with Gasteiger partial charge in [0.1, 0.15) is 5.52 Å². The summed E-state index contributed by atoms with van der Waals surface area (Å²) in [5.41, 5.74) is 15.4. The Morgan fingerprint density at radius 1 is 0.297 bits per heavy atom. The molecule has 0 spiro atoms. The first-order valence-corrected chi connectivity index (χ1v) is 21.8. The molecule has 3 nitrogen and oxygen atoms in total. The molecule has 1 heterocycles. The van der Waals surface area contributed by atoms with Crippen molar-refractivity contribution in [1.29, 1.82) is 0 Å². The lowest BCUT2D eigenvalue weighted by atomic mass is 9.93. The van der Waals surface area contributed by atoms with E-state index in [1.54, 1.807) is 0 Å². The third kappa shape index (κ3) is 6.77. The first-order valence-electron chi connectivity index (χ1n) is 21.8. The van der Waals surface area contributed by atoms with Crippen LogP contribution >= 0.6 is 0 Å². The summed E-state index contributed by atoms with van der Waals surface area (Å²) in [5.74, 6) is 0.640. The molecule has 0 aliphatic rings. The van der Waals surface area contributed by atoms with Crippen molar-refractivity contribution in [3.8, 4) is 56.0 Å². The molecule has 0 aliphatic heterocycles. The summed E-state index contributed by atoms with van der Waals surface area (Å²) in [4.78, 5) is 7.25. The fraction of sp³-hybridized carbons (Fsp3) is 0. The Hall–Kier alpha value is -8.53. The van der Waals surface area contributed by atoms with Gasteiger partial charge in [0.25, 0.3) is 0 Å². The predicted octanol–water partition coefficient (Wildman–Crippen LogP) is 17.1. The largest absolute Gasteiger partial charge is 0.436 e. The van der Waals surface area contributed by atoms with Crippen molar-refractivity contribution in [2.75, 3.05) is 4.90 Å². The van der Waals surface area contributed by atoms with E-state index in [9.17, 15) is 0 Å². The first kappa shape index (κ1) is 37.2. The zero-order valence-electron chi connectivity index (χ0n) is 34.9. The van der Waals surface area contributed by atoms with Crippen molar-refractivity contribution in [2.24, 2.45) is 0 Å². The number of aromatic nitrogens is 1. The Morgan fingerprint density at radius 2 is 0.812 bits per heavy atom. The number of fused-ring (bicyclic) bond motifs is 6. The van der Waals surface area contributed by atoms with Crippen molar-refractivity contribution in [1.82, 2.24) is 4.98 Å². The quantitative estimate of drug-likeness (QED) is 0.143. The highest BCUT2D eigenvalue weighted by Crippen LogP contribution is 2.41. The number of hydrogen-bond donors (Lipinski definition) is 0. The SMILES string of the molecule is c1ccc(-c2cccc(N(c3ccc(-c4ccc(-c5ccc6c(ccc7oc(-c8ccccc8)nc76)c5)cc4)cc3)c3ccc(-c4cc5ccccc5c5ccccc45)cc3)c2)cc1. The Morgan fingerprint density at radius 3 is 1.53 bits per heavy atom. The molecule has 0 saturated heterocycles.